The number of β-amino-alcohol motifs (C(OH)–C–C–N with tert-alkyl or cyclic N) is 1. The van der Waals surface area contributed by atoms with Crippen molar-refractivity contribution in [2.45, 2.75) is 64.0 Å². The minimum atomic E-state index is -1.21. The highest BCUT2D eigenvalue weighted by atomic mass is 19.1. The van der Waals surface area contributed by atoms with Crippen LogP contribution in [0.3, 0.4) is 0 Å². The molecule has 2 aromatic carbocycles. The number of methoxy groups -OCH3 is 1. The fourth-order valence-electron chi connectivity index (χ4n) is 8.32. The number of pyridine rings is 1. The standard InChI is InChI=1S/C36H43F2N5O5/c1-5-23-25(37)10-9-21-16-22(44)17-24(27(21)23)30-29(38)31-28(33(39-30)46-4)32(43-14-15-47-19-35(2,45)18-43)41-34(40-31)48-20-36-11-6-8-26(36)42(3)13-7-12-36/h9-10,16-17,26,44-45H,5-8,11-15,18-20H2,1-4H3. The Morgan fingerprint density at radius 2 is 1.90 bits per heavy atom. The van der Waals surface area contributed by atoms with Crippen LogP contribution >= 0.6 is 0 Å². The minimum Gasteiger partial charge on any atom is -0.508 e. The fraction of sp³-hybridized carbons (Fsp3) is 0.528. The number of phenols is 1. The number of hydrogen-bond donors (Lipinski definition) is 2. The van der Waals surface area contributed by atoms with Gasteiger partial charge in [-0.25, -0.2) is 13.8 Å². The van der Waals surface area contributed by atoms with E-state index in [1.54, 1.807) is 13.0 Å². The predicted molar refractivity (Wildman–Crippen MR) is 179 cm³/mol. The Kier molecular flexibility index (Phi) is 8.53. The lowest BCUT2D eigenvalue weighted by Crippen LogP contribution is -2.50. The third-order valence-corrected chi connectivity index (χ3v) is 10.5. The van der Waals surface area contributed by atoms with E-state index < -0.39 is 17.2 Å². The van der Waals surface area contributed by atoms with E-state index in [0.29, 0.717) is 54.4 Å². The number of halogens is 2. The van der Waals surface area contributed by atoms with Gasteiger partial charge < -0.3 is 34.2 Å². The zero-order valence-corrected chi connectivity index (χ0v) is 28.0. The maximum atomic E-state index is 17.1. The van der Waals surface area contributed by atoms with Crippen LogP contribution in [-0.4, -0.2) is 95.3 Å². The number of benzene rings is 2. The summed E-state index contributed by atoms with van der Waals surface area (Å²) >= 11 is 0. The molecular weight excluding hydrogens is 620 g/mol. The molecule has 48 heavy (non-hydrogen) atoms. The Balaban J connectivity index is 1.44. The zero-order valence-electron chi connectivity index (χ0n) is 28.0. The Labute approximate surface area is 278 Å². The molecular formula is C36H43F2N5O5. The second-order valence-corrected chi connectivity index (χ2v) is 13.9. The van der Waals surface area contributed by atoms with Gasteiger partial charge in [0, 0.05) is 23.6 Å². The average molecular weight is 664 g/mol. The van der Waals surface area contributed by atoms with Gasteiger partial charge in [0.1, 0.15) is 39.6 Å². The van der Waals surface area contributed by atoms with Crippen LogP contribution in [-0.2, 0) is 11.2 Å². The number of ether oxygens (including phenoxy) is 3. The topological polar surface area (TPSA) is 113 Å². The summed E-state index contributed by atoms with van der Waals surface area (Å²) in [5.41, 5.74) is -0.903. The number of anilines is 1. The van der Waals surface area contributed by atoms with E-state index in [4.69, 9.17) is 19.2 Å². The van der Waals surface area contributed by atoms with Gasteiger partial charge >= 0.3 is 6.01 Å². The first-order chi connectivity index (χ1) is 23.0. The summed E-state index contributed by atoms with van der Waals surface area (Å²) in [6.45, 7) is 5.89. The van der Waals surface area contributed by atoms with Crippen molar-refractivity contribution in [2.75, 3.05) is 58.5 Å². The molecule has 4 heterocycles. The number of likely N-dealkylation sites (tertiary alicyclic amines) is 1. The molecule has 4 aromatic rings. The van der Waals surface area contributed by atoms with Crippen LogP contribution < -0.4 is 14.4 Å². The number of fused-ring (bicyclic) bond motifs is 3. The number of phenolic OH excluding ortho intramolecular Hbond substituents is 1. The molecule has 2 saturated heterocycles. The van der Waals surface area contributed by atoms with Crippen LogP contribution in [0.1, 0.15) is 51.5 Å². The van der Waals surface area contributed by atoms with Gasteiger partial charge in [-0.05, 0) is 87.2 Å². The van der Waals surface area contributed by atoms with Crippen LogP contribution in [0.25, 0.3) is 32.9 Å². The third kappa shape index (κ3) is 5.67. The summed E-state index contributed by atoms with van der Waals surface area (Å²) in [7, 11) is 3.59. The lowest BCUT2D eigenvalue weighted by molar-refractivity contribution is -0.0123. The molecule has 0 amide bonds. The summed E-state index contributed by atoms with van der Waals surface area (Å²) in [4.78, 5) is 18.4. The first kappa shape index (κ1) is 32.7. The molecule has 3 fully saturated rings. The average Bonchev–Trinajstić information content (AvgIpc) is 3.42. The van der Waals surface area contributed by atoms with Gasteiger partial charge in [0.05, 0.1) is 33.5 Å². The third-order valence-electron chi connectivity index (χ3n) is 10.5. The monoisotopic (exact) mass is 663 g/mol. The van der Waals surface area contributed by atoms with Gasteiger partial charge in [-0.3, -0.25) is 0 Å². The molecule has 0 bridgehead atoms. The molecule has 10 nitrogen and oxygen atoms in total. The first-order valence-electron chi connectivity index (χ1n) is 16.8. The molecule has 1 aliphatic carbocycles. The number of hydrogen-bond acceptors (Lipinski definition) is 10. The second-order valence-electron chi connectivity index (χ2n) is 13.9. The summed E-state index contributed by atoms with van der Waals surface area (Å²) in [5.74, 6) is -0.989. The van der Waals surface area contributed by atoms with E-state index in [1.807, 2.05) is 11.8 Å². The first-order valence-corrected chi connectivity index (χ1v) is 16.8. The number of piperidine rings is 1. The molecule has 3 unspecified atom stereocenters. The van der Waals surface area contributed by atoms with Gasteiger partial charge in [-0.2, -0.15) is 9.97 Å². The van der Waals surface area contributed by atoms with Gasteiger partial charge in [-0.15, -0.1) is 0 Å². The van der Waals surface area contributed by atoms with Crippen molar-refractivity contribution < 1.29 is 33.2 Å². The number of nitrogens with zero attached hydrogens (tertiary/aromatic N) is 5. The zero-order chi connectivity index (χ0) is 33.8. The molecule has 2 aromatic heterocycles. The van der Waals surface area contributed by atoms with Crippen LogP contribution in [0.15, 0.2) is 24.3 Å². The molecule has 2 N–H and O–H groups in total. The van der Waals surface area contributed by atoms with Crippen molar-refractivity contribution in [1.82, 2.24) is 19.9 Å². The van der Waals surface area contributed by atoms with E-state index in [-0.39, 0.29) is 58.4 Å². The number of rotatable bonds is 7. The number of aryl methyl sites for hydroxylation is 1. The van der Waals surface area contributed by atoms with Crippen molar-refractivity contribution in [2.24, 2.45) is 5.41 Å². The van der Waals surface area contributed by atoms with E-state index in [2.05, 4.69) is 21.9 Å². The molecule has 0 spiro atoms. The van der Waals surface area contributed by atoms with Gasteiger partial charge in [-0.1, -0.05) is 19.4 Å². The Morgan fingerprint density at radius 1 is 1.08 bits per heavy atom. The largest absolute Gasteiger partial charge is 0.508 e. The van der Waals surface area contributed by atoms with E-state index >= 15 is 8.78 Å². The summed E-state index contributed by atoms with van der Waals surface area (Å²) in [5, 5.41) is 23.0. The molecule has 256 valence electrons. The van der Waals surface area contributed by atoms with Crippen molar-refractivity contribution >= 4 is 27.5 Å². The van der Waals surface area contributed by atoms with Gasteiger partial charge in [0.25, 0.3) is 0 Å². The Bertz CT molecular complexity index is 1870. The Morgan fingerprint density at radius 3 is 2.69 bits per heavy atom. The van der Waals surface area contributed by atoms with Crippen LogP contribution in [0.5, 0.6) is 17.6 Å². The molecule has 12 heteroatoms. The lowest BCUT2D eigenvalue weighted by atomic mass is 9.76. The molecule has 0 radical (unpaired) electrons. The summed E-state index contributed by atoms with van der Waals surface area (Å²) in [6, 6.07) is 6.21. The van der Waals surface area contributed by atoms with Crippen molar-refractivity contribution in [3.8, 4) is 28.9 Å². The normalized spacial score (nSPS) is 25.0. The Hall–Kier alpha value is -3.87. The van der Waals surface area contributed by atoms with Crippen molar-refractivity contribution in [3.05, 3.63) is 41.5 Å². The van der Waals surface area contributed by atoms with Crippen LogP contribution in [0.4, 0.5) is 14.6 Å². The van der Waals surface area contributed by atoms with Crippen molar-refractivity contribution in [1.29, 1.82) is 0 Å². The summed E-state index contributed by atoms with van der Waals surface area (Å²) in [6.07, 6.45) is 5.70. The molecule has 1 saturated carbocycles. The molecule has 3 aliphatic rings. The van der Waals surface area contributed by atoms with Gasteiger partial charge in [0.15, 0.2) is 5.82 Å². The molecule has 2 aliphatic heterocycles. The predicted octanol–water partition coefficient (Wildman–Crippen LogP) is 5.63. The highest BCUT2D eigenvalue weighted by Gasteiger charge is 2.47. The van der Waals surface area contributed by atoms with E-state index in [9.17, 15) is 10.2 Å². The molecule has 3 atom stereocenters. The van der Waals surface area contributed by atoms with Crippen LogP contribution in [0.2, 0.25) is 0 Å². The maximum absolute atomic E-state index is 17.1. The summed E-state index contributed by atoms with van der Waals surface area (Å²) < 4.78 is 50.2. The van der Waals surface area contributed by atoms with Crippen molar-refractivity contribution in [3.63, 3.8) is 0 Å². The number of aliphatic hydroxyl groups is 1. The number of aromatic nitrogens is 3. The highest BCUT2D eigenvalue weighted by molar-refractivity contribution is 6.03. The molecule has 7 rings (SSSR count). The van der Waals surface area contributed by atoms with E-state index in [1.165, 1.54) is 25.3 Å². The smallest absolute Gasteiger partial charge is 0.319 e. The van der Waals surface area contributed by atoms with E-state index in [0.717, 1.165) is 38.6 Å². The fourth-order valence-corrected chi connectivity index (χ4v) is 8.32. The number of aromatic hydroxyl groups is 1. The lowest BCUT2D eigenvalue weighted by Gasteiger charge is -2.44. The SMILES string of the molecule is CCc1c(F)ccc2cc(O)cc(-c3nc(OC)c4c(N5CCOCC(C)(O)C5)nc(OCC56CCCC5N(C)CCC6)nc4c3F)c12. The minimum absolute atomic E-state index is 0.00900. The maximum Gasteiger partial charge on any atom is 0.319 e. The quantitative estimate of drug-likeness (QED) is 0.258. The second kappa shape index (κ2) is 12.5. The highest BCUT2D eigenvalue weighted by Crippen LogP contribution is 2.48. The van der Waals surface area contributed by atoms with Crippen LogP contribution in [0, 0.1) is 17.0 Å². The van der Waals surface area contributed by atoms with Gasteiger partial charge in [0.2, 0.25) is 5.88 Å².